The zero-order valence-corrected chi connectivity index (χ0v) is 11.1. The van der Waals surface area contributed by atoms with Crippen LogP contribution in [-0.4, -0.2) is 36.6 Å². The summed E-state index contributed by atoms with van der Waals surface area (Å²) in [6, 6.07) is 0. The number of hydrogen-bond donors (Lipinski definition) is 3. The third-order valence-electron chi connectivity index (χ3n) is 3.57. The standard InChI is InChI=1S/C13H24N2O3/c1-2-11(13(17)18)9-15-12(16)6-5-10-4-3-7-14-8-10/h10-11,14H,2-9H2,1H3,(H,15,16)(H,17,18). The number of piperidine rings is 1. The van der Waals surface area contributed by atoms with Gasteiger partial charge in [0.05, 0.1) is 5.92 Å². The number of hydrogen-bond acceptors (Lipinski definition) is 3. The molecule has 1 fully saturated rings. The van der Waals surface area contributed by atoms with E-state index < -0.39 is 11.9 Å². The molecule has 0 aromatic rings. The van der Waals surface area contributed by atoms with Crippen molar-refractivity contribution in [3.8, 4) is 0 Å². The molecule has 1 heterocycles. The summed E-state index contributed by atoms with van der Waals surface area (Å²) >= 11 is 0. The van der Waals surface area contributed by atoms with E-state index in [9.17, 15) is 9.59 Å². The first-order valence-corrected chi connectivity index (χ1v) is 6.83. The molecule has 0 aromatic heterocycles. The van der Waals surface area contributed by atoms with Crippen molar-refractivity contribution in [1.29, 1.82) is 0 Å². The number of carbonyl (C=O) groups excluding carboxylic acids is 1. The van der Waals surface area contributed by atoms with Gasteiger partial charge < -0.3 is 15.7 Å². The van der Waals surface area contributed by atoms with Gasteiger partial charge in [-0.15, -0.1) is 0 Å². The van der Waals surface area contributed by atoms with Gasteiger partial charge in [-0.2, -0.15) is 0 Å². The van der Waals surface area contributed by atoms with Crippen LogP contribution in [0.2, 0.25) is 0 Å². The minimum absolute atomic E-state index is 0.0275. The fraction of sp³-hybridized carbons (Fsp3) is 0.846. The highest BCUT2D eigenvalue weighted by atomic mass is 16.4. The molecule has 5 nitrogen and oxygen atoms in total. The number of carboxylic acids is 1. The van der Waals surface area contributed by atoms with Crippen molar-refractivity contribution in [3.05, 3.63) is 0 Å². The van der Waals surface area contributed by atoms with Gasteiger partial charge in [0.2, 0.25) is 5.91 Å². The summed E-state index contributed by atoms with van der Waals surface area (Å²) in [5, 5.41) is 14.9. The molecule has 1 amide bonds. The molecule has 1 saturated heterocycles. The molecule has 0 aromatic carbocycles. The summed E-state index contributed by atoms with van der Waals surface area (Å²) in [6.45, 7) is 4.14. The van der Waals surface area contributed by atoms with Crippen LogP contribution < -0.4 is 10.6 Å². The molecule has 0 bridgehead atoms. The maximum absolute atomic E-state index is 11.6. The lowest BCUT2D eigenvalue weighted by Gasteiger charge is -2.22. The van der Waals surface area contributed by atoms with E-state index in [0.29, 0.717) is 18.8 Å². The largest absolute Gasteiger partial charge is 0.481 e. The molecular formula is C13H24N2O3. The van der Waals surface area contributed by atoms with Crippen LogP contribution in [0.3, 0.4) is 0 Å². The number of aliphatic carboxylic acids is 1. The van der Waals surface area contributed by atoms with Crippen LogP contribution in [0.4, 0.5) is 0 Å². The lowest BCUT2D eigenvalue weighted by Crippen LogP contribution is -2.34. The van der Waals surface area contributed by atoms with E-state index in [2.05, 4.69) is 10.6 Å². The van der Waals surface area contributed by atoms with Crippen molar-refractivity contribution in [1.82, 2.24) is 10.6 Å². The van der Waals surface area contributed by atoms with Gasteiger partial charge in [0.25, 0.3) is 0 Å². The van der Waals surface area contributed by atoms with Gasteiger partial charge in [-0.3, -0.25) is 9.59 Å². The zero-order valence-electron chi connectivity index (χ0n) is 11.1. The van der Waals surface area contributed by atoms with Crippen LogP contribution in [0.25, 0.3) is 0 Å². The monoisotopic (exact) mass is 256 g/mol. The zero-order chi connectivity index (χ0) is 13.4. The van der Waals surface area contributed by atoms with Crippen LogP contribution in [0.5, 0.6) is 0 Å². The molecule has 2 unspecified atom stereocenters. The Morgan fingerprint density at radius 1 is 1.50 bits per heavy atom. The Bertz CT molecular complexity index is 275. The second-order valence-electron chi connectivity index (χ2n) is 5.00. The number of rotatable bonds is 7. The van der Waals surface area contributed by atoms with Crippen molar-refractivity contribution in [2.24, 2.45) is 11.8 Å². The van der Waals surface area contributed by atoms with Gasteiger partial charge in [-0.05, 0) is 44.7 Å². The molecular weight excluding hydrogens is 232 g/mol. The molecule has 0 aliphatic carbocycles. The Kier molecular flexibility index (Phi) is 6.72. The normalized spacial score (nSPS) is 21.3. The predicted octanol–water partition coefficient (Wildman–Crippen LogP) is 0.993. The van der Waals surface area contributed by atoms with Gasteiger partial charge >= 0.3 is 5.97 Å². The fourth-order valence-electron chi connectivity index (χ4n) is 2.24. The number of nitrogens with one attached hydrogen (secondary N) is 2. The van der Waals surface area contributed by atoms with E-state index in [1.165, 1.54) is 12.8 Å². The minimum atomic E-state index is -0.839. The first-order chi connectivity index (χ1) is 8.63. The van der Waals surface area contributed by atoms with Crippen molar-refractivity contribution in [2.75, 3.05) is 19.6 Å². The summed E-state index contributed by atoms with van der Waals surface area (Å²) in [4.78, 5) is 22.4. The maximum atomic E-state index is 11.6. The average molecular weight is 256 g/mol. The van der Waals surface area contributed by atoms with Crippen LogP contribution in [0, 0.1) is 11.8 Å². The van der Waals surface area contributed by atoms with Crippen molar-refractivity contribution >= 4 is 11.9 Å². The second-order valence-corrected chi connectivity index (χ2v) is 5.00. The first kappa shape index (κ1) is 15.0. The molecule has 5 heteroatoms. The van der Waals surface area contributed by atoms with Crippen molar-refractivity contribution in [2.45, 2.75) is 39.0 Å². The molecule has 0 spiro atoms. The van der Waals surface area contributed by atoms with E-state index in [1.54, 1.807) is 0 Å². The van der Waals surface area contributed by atoms with Crippen molar-refractivity contribution < 1.29 is 14.7 Å². The van der Waals surface area contributed by atoms with Gasteiger partial charge in [0, 0.05) is 13.0 Å². The van der Waals surface area contributed by atoms with Gasteiger partial charge in [0.1, 0.15) is 0 Å². The highest BCUT2D eigenvalue weighted by Crippen LogP contribution is 2.15. The fourth-order valence-corrected chi connectivity index (χ4v) is 2.24. The Morgan fingerprint density at radius 3 is 2.83 bits per heavy atom. The van der Waals surface area contributed by atoms with E-state index in [4.69, 9.17) is 5.11 Å². The van der Waals surface area contributed by atoms with Gasteiger partial charge in [0.15, 0.2) is 0 Å². The van der Waals surface area contributed by atoms with Gasteiger partial charge in [-0.25, -0.2) is 0 Å². The Morgan fingerprint density at radius 2 is 2.28 bits per heavy atom. The van der Waals surface area contributed by atoms with E-state index in [0.717, 1.165) is 19.5 Å². The van der Waals surface area contributed by atoms with Crippen LogP contribution in [0.15, 0.2) is 0 Å². The summed E-state index contributed by atoms with van der Waals surface area (Å²) in [6.07, 6.45) is 4.31. The summed E-state index contributed by atoms with van der Waals surface area (Å²) in [7, 11) is 0. The first-order valence-electron chi connectivity index (χ1n) is 6.83. The Hall–Kier alpha value is -1.10. The van der Waals surface area contributed by atoms with E-state index in [1.807, 2.05) is 6.92 Å². The van der Waals surface area contributed by atoms with Crippen LogP contribution in [-0.2, 0) is 9.59 Å². The predicted molar refractivity (Wildman–Crippen MR) is 69.3 cm³/mol. The summed E-state index contributed by atoms with van der Waals surface area (Å²) in [5.74, 6) is -0.745. The Labute approximate surface area is 108 Å². The number of carbonyl (C=O) groups is 2. The molecule has 1 aliphatic heterocycles. The average Bonchev–Trinajstić information content (AvgIpc) is 2.38. The third-order valence-corrected chi connectivity index (χ3v) is 3.57. The van der Waals surface area contributed by atoms with Crippen LogP contribution >= 0.6 is 0 Å². The third kappa shape index (κ3) is 5.49. The highest BCUT2D eigenvalue weighted by molar-refractivity contribution is 5.77. The maximum Gasteiger partial charge on any atom is 0.308 e. The summed E-state index contributed by atoms with van der Waals surface area (Å²) in [5.41, 5.74) is 0. The molecule has 0 radical (unpaired) electrons. The van der Waals surface area contributed by atoms with E-state index >= 15 is 0 Å². The lowest BCUT2D eigenvalue weighted by molar-refractivity contribution is -0.141. The minimum Gasteiger partial charge on any atom is -0.481 e. The van der Waals surface area contributed by atoms with Crippen molar-refractivity contribution in [3.63, 3.8) is 0 Å². The van der Waals surface area contributed by atoms with Crippen LogP contribution in [0.1, 0.15) is 39.0 Å². The number of amides is 1. The Balaban J connectivity index is 2.14. The quantitative estimate of drug-likeness (QED) is 0.635. The molecule has 3 N–H and O–H groups in total. The van der Waals surface area contributed by atoms with Gasteiger partial charge in [-0.1, -0.05) is 6.92 Å². The smallest absolute Gasteiger partial charge is 0.308 e. The summed E-state index contributed by atoms with van der Waals surface area (Å²) < 4.78 is 0. The lowest BCUT2D eigenvalue weighted by atomic mass is 9.94. The SMILES string of the molecule is CCC(CNC(=O)CCC1CCCNC1)C(=O)O. The highest BCUT2D eigenvalue weighted by Gasteiger charge is 2.17. The molecule has 0 saturated carbocycles. The molecule has 1 aliphatic rings. The number of carboxylic acid groups (broad SMARTS) is 1. The van der Waals surface area contributed by atoms with E-state index in [-0.39, 0.29) is 12.5 Å². The molecule has 2 atom stereocenters. The second kappa shape index (κ2) is 8.08. The molecule has 1 rings (SSSR count). The molecule has 18 heavy (non-hydrogen) atoms. The topological polar surface area (TPSA) is 78.4 Å². The molecule has 104 valence electrons.